The lowest BCUT2D eigenvalue weighted by Gasteiger charge is -2.09. The highest BCUT2D eigenvalue weighted by atomic mass is 32.2. The monoisotopic (exact) mass is 291 g/mol. The molecule has 0 aliphatic rings. The first kappa shape index (κ1) is 14.3. The molecule has 0 aliphatic heterocycles. The van der Waals surface area contributed by atoms with Gasteiger partial charge in [-0.25, -0.2) is 19.9 Å². The zero-order valence-electron chi connectivity index (χ0n) is 11.4. The van der Waals surface area contributed by atoms with Crippen molar-refractivity contribution < 1.29 is 0 Å². The summed E-state index contributed by atoms with van der Waals surface area (Å²) >= 11 is 1.28. The van der Waals surface area contributed by atoms with Gasteiger partial charge in [-0.05, 0) is 25.1 Å². The van der Waals surface area contributed by atoms with Gasteiger partial charge in [0, 0.05) is 18.1 Å². The van der Waals surface area contributed by atoms with E-state index in [9.17, 15) is 0 Å². The number of anilines is 3. The average molecular weight is 291 g/mol. The van der Waals surface area contributed by atoms with Gasteiger partial charge in [-0.2, -0.15) is 0 Å². The van der Waals surface area contributed by atoms with Gasteiger partial charge >= 0.3 is 0 Å². The lowest BCUT2D eigenvalue weighted by molar-refractivity contribution is 0.804. The molecule has 0 aliphatic carbocycles. The van der Waals surface area contributed by atoms with E-state index in [1.807, 2.05) is 6.92 Å². The Hall–Kier alpha value is -2.09. The molecule has 0 bridgehead atoms. The van der Waals surface area contributed by atoms with E-state index in [4.69, 9.17) is 17.2 Å². The molecule has 20 heavy (non-hydrogen) atoms. The van der Waals surface area contributed by atoms with Crippen LogP contribution in [0.2, 0.25) is 0 Å². The third-order valence-corrected chi connectivity index (χ3v) is 3.55. The summed E-state index contributed by atoms with van der Waals surface area (Å²) in [5, 5.41) is 1.18. The van der Waals surface area contributed by atoms with E-state index in [1.54, 1.807) is 0 Å². The van der Waals surface area contributed by atoms with Crippen molar-refractivity contribution in [3.63, 3.8) is 0 Å². The van der Waals surface area contributed by atoms with Crippen LogP contribution in [0.4, 0.5) is 17.5 Å². The largest absolute Gasteiger partial charge is 0.383 e. The minimum atomic E-state index is 0.327. The number of rotatable bonds is 4. The Morgan fingerprint density at radius 1 is 1.05 bits per heavy atom. The predicted octanol–water partition coefficient (Wildman–Crippen LogP) is 1.43. The fourth-order valence-corrected chi connectivity index (χ4v) is 2.47. The molecule has 106 valence electrons. The zero-order valence-corrected chi connectivity index (χ0v) is 12.2. The number of hydrogen-bond acceptors (Lipinski definition) is 8. The molecular formula is C12H17N7S. The third kappa shape index (κ3) is 3.27. The predicted molar refractivity (Wildman–Crippen MR) is 80.2 cm³/mol. The molecule has 0 saturated heterocycles. The Kier molecular flexibility index (Phi) is 4.23. The topological polar surface area (TPSA) is 130 Å². The van der Waals surface area contributed by atoms with E-state index in [2.05, 4.69) is 26.9 Å². The number of hydrogen-bond donors (Lipinski definition) is 3. The van der Waals surface area contributed by atoms with Gasteiger partial charge < -0.3 is 17.2 Å². The molecule has 0 saturated carbocycles. The summed E-state index contributed by atoms with van der Waals surface area (Å²) in [5.74, 6) is 1.85. The Morgan fingerprint density at radius 3 is 2.30 bits per heavy atom. The SMILES string of the molecule is CCCc1nc(N)c(C)c(Sc2nc(N)cc(N)n2)n1. The fraction of sp³-hybridized carbons (Fsp3) is 0.333. The van der Waals surface area contributed by atoms with Crippen LogP contribution in [0.3, 0.4) is 0 Å². The lowest BCUT2D eigenvalue weighted by Crippen LogP contribution is -2.05. The van der Waals surface area contributed by atoms with Crippen molar-refractivity contribution >= 4 is 29.2 Å². The highest BCUT2D eigenvalue weighted by Crippen LogP contribution is 2.29. The van der Waals surface area contributed by atoms with Crippen molar-refractivity contribution in [2.45, 2.75) is 36.9 Å². The molecule has 0 amide bonds. The number of nitrogens with zero attached hydrogens (tertiary/aromatic N) is 4. The summed E-state index contributed by atoms with van der Waals surface area (Å²) in [4.78, 5) is 17.0. The van der Waals surface area contributed by atoms with Crippen LogP contribution in [0.1, 0.15) is 24.7 Å². The van der Waals surface area contributed by atoms with Crippen molar-refractivity contribution in [1.29, 1.82) is 0 Å². The second-order valence-corrected chi connectivity index (χ2v) is 5.26. The summed E-state index contributed by atoms with van der Waals surface area (Å²) < 4.78 is 0. The second-order valence-electron chi connectivity index (χ2n) is 4.31. The third-order valence-electron chi connectivity index (χ3n) is 2.59. The molecule has 0 radical (unpaired) electrons. The molecule has 0 unspecified atom stereocenters. The summed E-state index contributed by atoms with van der Waals surface area (Å²) in [7, 11) is 0. The highest BCUT2D eigenvalue weighted by molar-refractivity contribution is 7.99. The van der Waals surface area contributed by atoms with Gasteiger partial charge in [0.2, 0.25) is 0 Å². The molecule has 6 N–H and O–H groups in total. The summed E-state index contributed by atoms with van der Waals surface area (Å²) in [6, 6.07) is 1.51. The van der Waals surface area contributed by atoms with Crippen LogP contribution in [0.5, 0.6) is 0 Å². The van der Waals surface area contributed by atoms with Crippen LogP contribution >= 0.6 is 11.8 Å². The smallest absolute Gasteiger partial charge is 0.197 e. The normalized spacial score (nSPS) is 10.7. The van der Waals surface area contributed by atoms with Gasteiger partial charge in [-0.3, -0.25) is 0 Å². The Bertz CT molecular complexity index is 609. The van der Waals surface area contributed by atoms with Crippen molar-refractivity contribution in [1.82, 2.24) is 19.9 Å². The molecule has 2 rings (SSSR count). The van der Waals surface area contributed by atoms with Crippen LogP contribution < -0.4 is 17.2 Å². The molecule has 7 nitrogen and oxygen atoms in total. The first-order chi connectivity index (χ1) is 9.49. The molecule has 0 spiro atoms. The van der Waals surface area contributed by atoms with E-state index in [0.29, 0.717) is 22.6 Å². The maximum absolute atomic E-state index is 5.91. The van der Waals surface area contributed by atoms with E-state index < -0.39 is 0 Å². The van der Waals surface area contributed by atoms with Gasteiger partial charge in [-0.15, -0.1) is 0 Å². The molecule has 8 heteroatoms. The molecule has 2 aromatic heterocycles. The van der Waals surface area contributed by atoms with Crippen molar-refractivity contribution in [3.05, 3.63) is 17.5 Å². The van der Waals surface area contributed by atoms with Crippen LogP contribution in [-0.2, 0) is 6.42 Å². The number of nitrogens with two attached hydrogens (primary N) is 3. The van der Waals surface area contributed by atoms with Crippen LogP contribution in [0.15, 0.2) is 16.2 Å². The molecule has 0 aromatic carbocycles. The summed E-state index contributed by atoms with van der Waals surface area (Å²) in [6.07, 6.45) is 1.73. The van der Waals surface area contributed by atoms with Crippen LogP contribution in [0, 0.1) is 6.92 Å². The molecule has 0 fully saturated rings. The minimum absolute atomic E-state index is 0.327. The number of aromatic nitrogens is 4. The van der Waals surface area contributed by atoms with Gasteiger partial charge in [0.25, 0.3) is 0 Å². The number of aryl methyl sites for hydroxylation is 1. The summed E-state index contributed by atoms with van der Waals surface area (Å²) in [5.41, 5.74) is 18.0. The summed E-state index contributed by atoms with van der Waals surface area (Å²) in [6.45, 7) is 3.93. The first-order valence-electron chi connectivity index (χ1n) is 6.20. The quantitative estimate of drug-likeness (QED) is 0.569. The average Bonchev–Trinajstić information content (AvgIpc) is 2.34. The second kappa shape index (κ2) is 5.91. The molecule has 0 atom stereocenters. The van der Waals surface area contributed by atoms with Crippen LogP contribution in [-0.4, -0.2) is 19.9 Å². The Labute approximate surface area is 121 Å². The molecular weight excluding hydrogens is 274 g/mol. The lowest BCUT2D eigenvalue weighted by atomic mass is 10.3. The fourth-order valence-electron chi connectivity index (χ4n) is 1.59. The minimum Gasteiger partial charge on any atom is -0.383 e. The van der Waals surface area contributed by atoms with Gasteiger partial charge in [-0.1, -0.05) is 6.92 Å². The van der Waals surface area contributed by atoms with E-state index in [1.165, 1.54) is 17.8 Å². The van der Waals surface area contributed by atoms with Gasteiger partial charge in [0.1, 0.15) is 28.3 Å². The Balaban J connectivity index is 2.36. The van der Waals surface area contributed by atoms with Gasteiger partial charge in [0.05, 0.1) is 0 Å². The van der Waals surface area contributed by atoms with Gasteiger partial charge in [0.15, 0.2) is 5.16 Å². The van der Waals surface area contributed by atoms with Crippen molar-refractivity contribution in [3.8, 4) is 0 Å². The maximum atomic E-state index is 5.91. The first-order valence-corrected chi connectivity index (χ1v) is 7.02. The highest BCUT2D eigenvalue weighted by Gasteiger charge is 2.12. The van der Waals surface area contributed by atoms with E-state index in [-0.39, 0.29) is 0 Å². The van der Waals surface area contributed by atoms with Crippen LogP contribution in [0.25, 0.3) is 0 Å². The standard InChI is InChI=1S/C12H17N7S/c1-3-4-9-18-10(15)6(2)11(19-9)20-12-16-7(13)5-8(14)17-12/h5H,3-4H2,1-2H3,(H2,15,18,19)(H4,13,14,16,17). The number of nitrogen functional groups attached to an aromatic ring is 3. The van der Waals surface area contributed by atoms with E-state index in [0.717, 1.165) is 29.3 Å². The molecule has 2 heterocycles. The van der Waals surface area contributed by atoms with Crippen molar-refractivity contribution in [2.24, 2.45) is 0 Å². The molecule has 2 aromatic rings. The van der Waals surface area contributed by atoms with Crippen molar-refractivity contribution in [2.75, 3.05) is 17.2 Å². The maximum Gasteiger partial charge on any atom is 0.197 e. The Morgan fingerprint density at radius 2 is 1.70 bits per heavy atom. The van der Waals surface area contributed by atoms with E-state index >= 15 is 0 Å². The zero-order chi connectivity index (χ0) is 14.7.